The molecule has 0 unspecified atom stereocenters. The fourth-order valence-corrected chi connectivity index (χ4v) is 15.9. The molecule has 0 bridgehead atoms. The highest BCUT2D eigenvalue weighted by Crippen LogP contribution is 2.24. The van der Waals surface area contributed by atoms with Crippen molar-refractivity contribution in [3.05, 3.63) is 162 Å². The number of aromatic amines is 2. The standard InChI is InChI=1S/C92H120N24O26S/c1-44(2)74-87(138)109-62(31-47-17-23-52(120)24-18-47)81(132)108-66(36-71(93)124)85(136)114-75(45(3)118)88(139)105-60(16-10-30-99-92(96)97)80(131)110-68(41-117)78(129)102-40-72(125)103-64(34-50-38-100-57-13-7-5-11-55(50)57)82(133)104-59(15-9-29-98-91(94)95)79(130)107-65(35-51-39-101-58-14-8-6-12-56(51)58)83(134)106-63(32-48-19-25-53(121)26-20-48)84(135)113-76(46(4)119)89(140)111-69(90(141)142)42-143-43-70(123)77(128)61(37-73(126)127)115-116-67(86(137)112-74)33-49-21-27-54(122)28-22-49/h5-8,11-14,17-28,38-39,44-46,59-69,74-76,100-101,115-122H,9-10,15-16,29-37,40-43H2,1-4H3,(H2,93,124)(H,102,129)(H,103,125)(H,104,133)(H,105,139)(H,106,134)(H,107,130)(H,108,132)(H,109,138)(H,110,131)(H,111,140)(H,112,137)(H,113,135)(H,114,136)(H,126,127)(H,141,142)(H4,94,95,98)(H4,96,97,99)/t45-,46-,59-,60-,61-,62-,63-,64-,65-,66-,67-,68-,69-,74-,75-,76-/m0/s1. The van der Waals surface area contributed by atoms with Crippen LogP contribution in [0.2, 0.25) is 0 Å². The molecule has 1 aliphatic heterocycles. The van der Waals surface area contributed by atoms with Gasteiger partial charge < -0.3 is 148 Å². The van der Waals surface area contributed by atoms with E-state index in [9.17, 15) is 108 Å². The summed E-state index contributed by atoms with van der Waals surface area (Å²) in [6, 6.07) is 2.69. The van der Waals surface area contributed by atoms with E-state index < -0.39 is 290 Å². The third-order valence-electron chi connectivity index (χ3n) is 22.6. The molecule has 7 aromatic rings. The number of rotatable bonds is 27. The van der Waals surface area contributed by atoms with Crippen LogP contribution in [0.3, 0.4) is 0 Å². The number of amides is 14. The Morgan fingerprint density at radius 2 is 0.783 bits per heavy atom. The van der Waals surface area contributed by atoms with E-state index in [1.54, 1.807) is 48.5 Å². The number of H-pyrrole nitrogens is 2. The lowest BCUT2D eigenvalue weighted by Crippen LogP contribution is -2.63. The predicted octanol–water partition coefficient (Wildman–Crippen LogP) is -6.70. The first-order valence-electron chi connectivity index (χ1n) is 45.2. The van der Waals surface area contributed by atoms with Gasteiger partial charge in [0, 0.05) is 78.7 Å². The van der Waals surface area contributed by atoms with Gasteiger partial charge >= 0.3 is 11.9 Å². The molecule has 1 fully saturated rings. The number of aliphatic carboxylic acids is 2. The molecule has 2 aromatic heterocycles. The zero-order valence-electron chi connectivity index (χ0n) is 78.1. The third kappa shape index (κ3) is 35.5. The minimum absolute atomic E-state index is 0.0591. The van der Waals surface area contributed by atoms with Gasteiger partial charge in [0.15, 0.2) is 11.9 Å². The van der Waals surface area contributed by atoms with Gasteiger partial charge in [-0.1, -0.05) is 86.6 Å². The van der Waals surface area contributed by atoms with Crippen molar-refractivity contribution in [2.75, 3.05) is 37.7 Å². The Kier molecular flexibility index (Phi) is 42.9. The first kappa shape index (κ1) is 112. The molecule has 35 N–H and O–H groups in total. The minimum Gasteiger partial charge on any atom is -0.508 e. The van der Waals surface area contributed by atoms with Gasteiger partial charge in [0.05, 0.1) is 50.0 Å². The van der Waals surface area contributed by atoms with Crippen molar-refractivity contribution in [3.8, 4) is 17.2 Å². The Hall–Kier alpha value is -15.9. The number of carbonyl (C=O) groups excluding carboxylic acids is 16. The number of carboxylic acid groups (broad SMARTS) is 2. The number of para-hydroxylation sites is 2. The van der Waals surface area contributed by atoms with E-state index >= 15 is 19.2 Å². The second-order valence-corrected chi connectivity index (χ2v) is 35.2. The number of ketones is 2. The number of nitrogens with two attached hydrogens (primary N) is 3. The van der Waals surface area contributed by atoms with Crippen molar-refractivity contribution in [2.24, 2.45) is 23.1 Å². The topological polar surface area (TPSA) is 831 Å². The number of phenolic OH excluding ortho intramolecular Hbond substituents is 3. The van der Waals surface area contributed by atoms with Gasteiger partial charge in [-0.05, 0) is 128 Å². The second-order valence-electron chi connectivity index (χ2n) is 34.2. The summed E-state index contributed by atoms with van der Waals surface area (Å²) >= 11 is 0.433. The molecule has 5 aromatic carbocycles. The lowest BCUT2D eigenvalue weighted by Gasteiger charge is -2.29. The average Bonchev–Trinajstić information content (AvgIpc) is 1.65. The predicted molar refractivity (Wildman–Crippen MR) is 514 cm³/mol. The summed E-state index contributed by atoms with van der Waals surface area (Å²) in [5.74, 6) is -27.6. The number of thioether (sulfide) groups is 1. The zero-order valence-corrected chi connectivity index (χ0v) is 78.9. The highest BCUT2D eigenvalue weighted by Gasteiger charge is 2.41. The lowest BCUT2D eigenvalue weighted by atomic mass is 9.99. The second kappa shape index (κ2) is 54.6. The number of phenols is 3. The summed E-state index contributed by atoms with van der Waals surface area (Å²) in [5.41, 5.74) is 24.4. The number of aliphatic hydroxyl groups is 3. The summed E-state index contributed by atoms with van der Waals surface area (Å²) in [7, 11) is 0. The first-order valence-corrected chi connectivity index (χ1v) is 46.4. The van der Waals surface area contributed by atoms with Gasteiger partial charge in [-0.25, -0.2) is 15.6 Å². The number of hydrazine groups is 1. The van der Waals surface area contributed by atoms with Crippen molar-refractivity contribution in [2.45, 2.75) is 195 Å². The van der Waals surface area contributed by atoms with Crippen LogP contribution in [0.15, 0.2) is 134 Å². The maximum Gasteiger partial charge on any atom is 0.327 e. The summed E-state index contributed by atoms with van der Waals surface area (Å²) in [4.78, 5) is 265. The zero-order chi connectivity index (χ0) is 105. The van der Waals surface area contributed by atoms with Crippen LogP contribution >= 0.6 is 11.8 Å². The van der Waals surface area contributed by atoms with Crippen LogP contribution in [0.1, 0.15) is 94.0 Å². The van der Waals surface area contributed by atoms with Crippen LogP contribution in [0.25, 0.3) is 21.8 Å². The number of nitrogens with one attached hydrogen (secondary N) is 21. The Labute approximate surface area is 821 Å². The molecule has 0 aliphatic carbocycles. The molecular formula is C92H120N24O26S. The molecular weight excluding hydrogens is 1890 g/mol. The van der Waals surface area contributed by atoms with Gasteiger partial charge in [0.1, 0.15) is 95.8 Å². The maximum atomic E-state index is 15.4. The normalized spacial score (nSPS) is 23.1. The van der Waals surface area contributed by atoms with E-state index in [2.05, 4.69) is 101 Å². The van der Waals surface area contributed by atoms with E-state index in [-0.39, 0.29) is 72.7 Å². The first-order chi connectivity index (χ1) is 67.8. The van der Waals surface area contributed by atoms with Crippen molar-refractivity contribution >= 4 is 152 Å². The number of aliphatic hydroxyl groups excluding tert-OH is 3. The molecule has 1 saturated heterocycles. The number of benzene rings is 5. The number of hydrogen-bond donors (Lipinski definition) is 32. The van der Waals surface area contributed by atoms with Gasteiger partial charge in [0.2, 0.25) is 94.3 Å². The monoisotopic (exact) mass is 2010 g/mol. The van der Waals surface area contributed by atoms with E-state index in [0.29, 0.717) is 44.7 Å². The SMILES string of the molecule is CC(C)[C@@H]1NC(=O)[C@H](Cc2ccc(O)cc2)NN[C@@H](CC(=O)O)C(=O)C(=O)CSC[C@@H](C(=O)O)NC(=O)[C@H]([C@H](C)O)NC(=O)[C@H](Cc2ccc(O)cc2)NC(=O)[C@H](Cc2c[nH]c3ccccc23)NC(=O)[C@H](CCCNC(=N)N)NC(=O)[C@H](Cc2c[nH]c3ccccc23)NC(=O)CNC(=O)[C@H](CO)NC(=O)[C@H](CCCNC(=N)N)NC(=O)[C@H]([C@H](C)O)NC(=O)[C@H](CC(N)=O)NC(=O)[C@H](Cc2ccc(O)cc2)NC1=O. The van der Waals surface area contributed by atoms with Gasteiger partial charge in [-0.3, -0.25) is 92.3 Å². The van der Waals surface area contributed by atoms with Crippen LogP contribution in [0.5, 0.6) is 17.2 Å². The molecule has 8 rings (SSSR count). The van der Waals surface area contributed by atoms with Crippen molar-refractivity contribution in [3.63, 3.8) is 0 Å². The summed E-state index contributed by atoms with van der Waals surface area (Å²) in [5, 5.41) is 138. The molecule has 3 heterocycles. The molecule has 0 spiro atoms. The van der Waals surface area contributed by atoms with Crippen LogP contribution in [-0.2, 0) is 118 Å². The quantitative estimate of drug-likeness (QED) is 0.00985. The van der Waals surface area contributed by atoms with Gasteiger partial charge in [-0.2, -0.15) is 11.8 Å². The van der Waals surface area contributed by atoms with E-state index in [1.807, 2.05) is 0 Å². The molecule has 1 aliphatic rings. The molecule has 0 radical (unpaired) electrons. The average molecular weight is 2010 g/mol. The number of fused-ring (bicyclic) bond motifs is 2. The van der Waals surface area contributed by atoms with Crippen LogP contribution in [0.4, 0.5) is 0 Å². The number of Topliss-reactive ketones (excluding diaryl/α,β-unsaturated/α-hetero) is 2. The fourth-order valence-electron chi connectivity index (χ4n) is 15.0. The summed E-state index contributed by atoms with van der Waals surface area (Å²) in [6.45, 7) is 2.46. The number of aromatic hydroxyl groups is 3. The summed E-state index contributed by atoms with van der Waals surface area (Å²) in [6.07, 6.45) is -6.09. The van der Waals surface area contributed by atoms with E-state index in [4.69, 9.17) is 28.0 Å². The minimum atomic E-state index is -2.13. The van der Waals surface area contributed by atoms with E-state index in [0.717, 1.165) is 13.8 Å². The van der Waals surface area contributed by atoms with Crippen LogP contribution in [0, 0.1) is 16.7 Å². The van der Waals surface area contributed by atoms with E-state index in [1.165, 1.54) is 99.0 Å². The van der Waals surface area contributed by atoms with Crippen molar-refractivity contribution < 1.29 is 127 Å². The fraction of sp³-hybridized carbons (Fsp3) is 0.413. The molecule has 14 amide bonds. The largest absolute Gasteiger partial charge is 0.508 e. The Bertz CT molecular complexity index is 5730. The van der Waals surface area contributed by atoms with Gasteiger partial charge in [0.25, 0.3) is 0 Å². The maximum absolute atomic E-state index is 15.4. The number of guanidine groups is 2. The molecule has 16 atom stereocenters. The number of hydrogen-bond acceptors (Lipinski definition) is 29. The van der Waals surface area contributed by atoms with Crippen molar-refractivity contribution in [1.82, 2.24) is 101 Å². The van der Waals surface area contributed by atoms with Crippen LogP contribution < -0.4 is 108 Å². The molecule has 51 heteroatoms. The van der Waals surface area contributed by atoms with Crippen molar-refractivity contribution in [1.29, 1.82) is 10.8 Å². The molecule has 770 valence electrons. The molecule has 0 saturated carbocycles. The highest BCUT2D eigenvalue weighted by molar-refractivity contribution is 8.00. The molecule has 50 nitrogen and oxygen atoms in total. The molecule has 143 heavy (non-hydrogen) atoms. The van der Waals surface area contributed by atoms with Crippen LogP contribution in [-0.4, -0.2) is 303 Å². The Balaban J connectivity index is 1.18. The third-order valence-corrected chi connectivity index (χ3v) is 23.6. The smallest absolute Gasteiger partial charge is 0.327 e. The number of aromatic nitrogens is 2. The number of carbonyl (C=O) groups is 18. The number of carboxylic acids is 2. The number of primary amides is 1. The highest BCUT2D eigenvalue weighted by atomic mass is 32.2. The lowest BCUT2D eigenvalue weighted by molar-refractivity contribution is -0.142. The van der Waals surface area contributed by atoms with Gasteiger partial charge in [-0.15, -0.1) is 0 Å². The summed E-state index contributed by atoms with van der Waals surface area (Å²) < 4.78 is 0. The Morgan fingerprint density at radius 1 is 0.420 bits per heavy atom. The Morgan fingerprint density at radius 3 is 1.22 bits per heavy atom.